The van der Waals surface area contributed by atoms with Crippen molar-refractivity contribution in [2.45, 2.75) is 18.9 Å². The molecule has 1 saturated carbocycles. The van der Waals surface area contributed by atoms with Gasteiger partial charge >= 0.3 is 5.97 Å². The number of benzene rings is 1. The predicted molar refractivity (Wildman–Crippen MR) is 95.7 cm³/mol. The van der Waals surface area contributed by atoms with Crippen molar-refractivity contribution < 1.29 is 19.5 Å². The Hall–Kier alpha value is -2.34. The number of amides is 2. The fourth-order valence-corrected chi connectivity index (χ4v) is 4.60. The van der Waals surface area contributed by atoms with Crippen molar-refractivity contribution in [3.05, 3.63) is 41.4 Å². The van der Waals surface area contributed by atoms with Gasteiger partial charge in [-0.15, -0.1) is 0 Å². The third kappa shape index (κ3) is 2.78. The van der Waals surface area contributed by atoms with E-state index in [1.165, 1.54) is 0 Å². The smallest absolute Gasteiger partial charge is 0.307 e. The summed E-state index contributed by atoms with van der Waals surface area (Å²) in [6.45, 7) is 0.504. The predicted octanol–water partition coefficient (Wildman–Crippen LogP) is 2.08. The summed E-state index contributed by atoms with van der Waals surface area (Å²) >= 11 is 5.88. The molecule has 5 unspecified atom stereocenters. The van der Waals surface area contributed by atoms with E-state index in [0.717, 1.165) is 5.69 Å². The van der Waals surface area contributed by atoms with Crippen LogP contribution in [0.3, 0.4) is 0 Å². The third-order valence-corrected chi connectivity index (χ3v) is 5.96. The minimum Gasteiger partial charge on any atom is -0.481 e. The van der Waals surface area contributed by atoms with Crippen LogP contribution in [0.25, 0.3) is 0 Å². The maximum absolute atomic E-state index is 12.7. The maximum Gasteiger partial charge on any atom is 0.307 e. The van der Waals surface area contributed by atoms with Crippen molar-refractivity contribution in [1.82, 2.24) is 5.32 Å². The van der Waals surface area contributed by atoms with Crippen LogP contribution < -0.4 is 10.2 Å². The van der Waals surface area contributed by atoms with E-state index in [-0.39, 0.29) is 23.7 Å². The number of nitrogens with one attached hydrogen (secondary N) is 1. The van der Waals surface area contributed by atoms with Crippen LogP contribution in [0.5, 0.6) is 0 Å². The summed E-state index contributed by atoms with van der Waals surface area (Å²) in [5.74, 6) is -2.88. The second-order valence-corrected chi connectivity index (χ2v) is 7.59. The number of allylic oxidation sites excluding steroid dienone is 2. The fraction of sp³-hybridized carbons (Fsp3) is 0.421. The monoisotopic (exact) mass is 374 g/mol. The van der Waals surface area contributed by atoms with Crippen LogP contribution in [0.4, 0.5) is 5.69 Å². The molecule has 0 spiro atoms. The van der Waals surface area contributed by atoms with E-state index in [4.69, 9.17) is 11.6 Å². The first-order chi connectivity index (χ1) is 12.5. The number of halogens is 1. The Morgan fingerprint density at radius 1 is 1.12 bits per heavy atom. The molecule has 2 aliphatic carbocycles. The molecular weight excluding hydrogens is 356 g/mol. The number of hydrogen-bond donors (Lipinski definition) is 2. The zero-order valence-electron chi connectivity index (χ0n) is 14.0. The van der Waals surface area contributed by atoms with E-state index >= 15 is 0 Å². The fourth-order valence-electron chi connectivity index (χ4n) is 4.48. The van der Waals surface area contributed by atoms with E-state index in [9.17, 15) is 19.5 Å². The van der Waals surface area contributed by atoms with Gasteiger partial charge in [-0.3, -0.25) is 14.4 Å². The Labute approximate surface area is 155 Å². The molecule has 0 aromatic heterocycles. The minimum absolute atomic E-state index is 0.0510. The van der Waals surface area contributed by atoms with Crippen LogP contribution in [0.1, 0.15) is 12.8 Å². The van der Waals surface area contributed by atoms with Gasteiger partial charge in [-0.05, 0) is 48.9 Å². The number of hydrogen-bond acceptors (Lipinski definition) is 3. The van der Waals surface area contributed by atoms with Crippen LogP contribution in [0, 0.1) is 23.7 Å². The van der Waals surface area contributed by atoms with Gasteiger partial charge in [0, 0.05) is 17.3 Å². The van der Waals surface area contributed by atoms with Crippen LogP contribution in [-0.2, 0) is 14.4 Å². The first kappa shape index (κ1) is 17.1. The topological polar surface area (TPSA) is 86.7 Å². The highest BCUT2D eigenvalue weighted by atomic mass is 35.5. The summed E-state index contributed by atoms with van der Waals surface area (Å²) in [7, 11) is 0. The first-order valence-electron chi connectivity index (χ1n) is 8.74. The number of carbonyl (C=O) groups excluding carboxylic acids is 2. The zero-order chi connectivity index (χ0) is 18.4. The Bertz CT molecular complexity index is 791. The number of carbonyl (C=O) groups is 3. The average molecular weight is 375 g/mol. The highest BCUT2D eigenvalue weighted by Crippen LogP contribution is 2.48. The Kier molecular flexibility index (Phi) is 4.23. The summed E-state index contributed by atoms with van der Waals surface area (Å²) in [6, 6.07) is 6.36. The van der Waals surface area contributed by atoms with Crippen molar-refractivity contribution in [2.24, 2.45) is 23.7 Å². The number of rotatable bonds is 4. The summed E-state index contributed by atoms with van der Waals surface area (Å²) in [4.78, 5) is 38.6. The minimum atomic E-state index is -0.942. The number of carboxylic acid groups (broad SMARTS) is 1. The molecule has 1 saturated heterocycles. The lowest BCUT2D eigenvalue weighted by Gasteiger charge is -2.25. The molecule has 1 heterocycles. The van der Waals surface area contributed by atoms with Crippen LogP contribution in [0.15, 0.2) is 36.4 Å². The van der Waals surface area contributed by atoms with E-state index in [0.29, 0.717) is 24.4 Å². The second-order valence-electron chi connectivity index (χ2n) is 7.15. The largest absolute Gasteiger partial charge is 0.481 e. The van der Waals surface area contributed by atoms with E-state index < -0.39 is 23.8 Å². The standard InChI is InChI=1S/C19H19ClN2O4/c20-12-3-5-13(6-4-12)22-8-7-14(18(22)24)21-17(23)15-10-1-2-11(9-10)16(15)19(25)26/h1-6,10-11,14-16H,7-9H2,(H,21,23)(H,25,26). The lowest BCUT2D eigenvalue weighted by Crippen LogP contribution is -2.47. The number of aliphatic carboxylic acids is 1. The first-order valence-corrected chi connectivity index (χ1v) is 9.12. The molecule has 1 aromatic carbocycles. The molecule has 2 amide bonds. The zero-order valence-corrected chi connectivity index (χ0v) is 14.7. The van der Waals surface area contributed by atoms with Crippen LogP contribution >= 0.6 is 11.6 Å². The molecule has 6 nitrogen and oxygen atoms in total. The molecule has 5 atom stereocenters. The van der Waals surface area contributed by atoms with Crippen LogP contribution in [-0.4, -0.2) is 35.5 Å². The van der Waals surface area contributed by atoms with Crippen molar-refractivity contribution >= 4 is 35.1 Å². The highest BCUT2D eigenvalue weighted by molar-refractivity contribution is 6.30. The molecule has 2 fully saturated rings. The van der Waals surface area contributed by atoms with Gasteiger partial charge in [0.15, 0.2) is 0 Å². The Morgan fingerprint density at radius 3 is 2.42 bits per heavy atom. The van der Waals surface area contributed by atoms with Crippen molar-refractivity contribution in [2.75, 3.05) is 11.4 Å². The molecule has 2 N–H and O–H groups in total. The van der Waals surface area contributed by atoms with Gasteiger partial charge in [-0.2, -0.15) is 0 Å². The normalized spacial score (nSPS) is 32.3. The van der Waals surface area contributed by atoms with Crippen LogP contribution in [0.2, 0.25) is 5.02 Å². The Balaban J connectivity index is 1.45. The van der Waals surface area contributed by atoms with E-state index in [1.807, 2.05) is 12.2 Å². The molecule has 2 bridgehead atoms. The van der Waals surface area contributed by atoms with Gasteiger partial charge in [-0.25, -0.2) is 0 Å². The summed E-state index contributed by atoms with van der Waals surface area (Å²) in [6.07, 6.45) is 5.03. The maximum atomic E-state index is 12.7. The van der Waals surface area contributed by atoms with Gasteiger partial charge in [0.05, 0.1) is 11.8 Å². The quantitative estimate of drug-likeness (QED) is 0.790. The molecule has 1 aromatic rings. The van der Waals surface area contributed by atoms with Gasteiger partial charge in [-0.1, -0.05) is 23.8 Å². The second kappa shape index (κ2) is 6.43. The molecule has 0 radical (unpaired) electrons. The summed E-state index contributed by atoms with van der Waals surface area (Å²) < 4.78 is 0. The summed E-state index contributed by atoms with van der Waals surface area (Å²) in [5.41, 5.74) is 0.738. The van der Waals surface area contributed by atoms with Gasteiger partial charge in [0.1, 0.15) is 6.04 Å². The van der Waals surface area contributed by atoms with Gasteiger partial charge in [0.2, 0.25) is 11.8 Å². The number of fused-ring (bicyclic) bond motifs is 2. The lowest BCUT2D eigenvalue weighted by molar-refractivity contribution is -0.148. The number of nitrogens with zero attached hydrogens (tertiary/aromatic N) is 1. The van der Waals surface area contributed by atoms with Gasteiger partial charge < -0.3 is 15.3 Å². The lowest BCUT2D eigenvalue weighted by atomic mass is 9.82. The molecule has 4 rings (SSSR count). The summed E-state index contributed by atoms with van der Waals surface area (Å²) in [5, 5.41) is 12.9. The molecule has 136 valence electrons. The third-order valence-electron chi connectivity index (χ3n) is 5.71. The molecule has 1 aliphatic heterocycles. The van der Waals surface area contributed by atoms with Crippen molar-refractivity contribution in [3.8, 4) is 0 Å². The Morgan fingerprint density at radius 2 is 1.77 bits per heavy atom. The van der Waals surface area contributed by atoms with Gasteiger partial charge in [0.25, 0.3) is 0 Å². The number of carboxylic acids is 1. The highest BCUT2D eigenvalue weighted by Gasteiger charge is 2.52. The molecule has 26 heavy (non-hydrogen) atoms. The average Bonchev–Trinajstić information content (AvgIpc) is 3.31. The molecule has 3 aliphatic rings. The van der Waals surface area contributed by atoms with E-state index in [2.05, 4.69) is 5.32 Å². The molecular formula is C19H19ClN2O4. The van der Waals surface area contributed by atoms with Crippen molar-refractivity contribution in [3.63, 3.8) is 0 Å². The SMILES string of the molecule is O=C(O)C1C2C=CC(C2)C1C(=O)NC1CCN(c2ccc(Cl)cc2)C1=O. The molecule has 7 heteroatoms. The van der Waals surface area contributed by atoms with Crippen molar-refractivity contribution in [1.29, 1.82) is 0 Å². The van der Waals surface area contributed by atoms with E-state index in [1.54, 1.807) is 29.2 Å². The number of anilines is 1.